The van der Waals surface area contributed by atoms with Gasteiger partial charge in [0.15, 0.2) is 0 Å². The molecule has 0 saturated heterocycles. The van der Waals surface area contributed by atoms with Gasteiger partial charge in [-0.1, -0.05) is 59.6 Å². The predicted molar refractivity (Wildman–Crippen MR) is 75.9 cm³/mol. The lowest BCUT2D eigenvalue weighted by atomic mass is 9.88. The highest BCUT2D eigenvalue weighted by Gasteiger charge is 2.24. The van der Waals surface area contributed by atoms with E-state index < -0.39 is 5.60 Å². The van der Waals surface area contributed by atoms with Crippen LogP contribution in [0.4, 0.5) is 0 Å². The first-order valence-corrected chi connectivity index (χ1v) is 6.40. The Labute approximate surface area is 113 Å². The lowest BCUT2D eigenvalue weighted by Crippen LogP contribution is -2.24. The van der Waals surface area contributed by atoms with Crippen LogP contribution in [-0.2, 0) is 12.0 Å². The molecular weight excluding hydrogens is 244 g/mol. The van der Waals surface area contributed by atoms with Gasteiger partial charge in [-0.2, -0.15) is 0 Å². The monoisotopic (exact) mass is 260 g/mol. The van der Waals surface area contributed by atoms with Gasteiger partial charge in [-0.25, -0.2) is 0 Å². The van der Waals surface area contributed by atoms with Crippen molar-refractivity contribution in [1.82, 2.24) is 0 Å². The molecule has 0 spiro atoms. The summed E-state index contributed by atoms with van der Waals surface area (Å²) in [5, 5.41) is 11.3. The second-order valence-corrected chi connectivity index (χ2v) is 5.32. The third-order valence-electron chi connectivity index (χ3n) is 3.17. The summed E-state index contributed by atoms with van der Waals surface area (Å²) in [5.74, 6) is 0. The molecular formula is C16H17ClO. The molecule has 0 bridgehead atoms. The molecule has 0 aliphatic carbocycles. The van der Waals surface area contributed by atoms with Crippen molar-refractivity contribution < 1.29 is 5.11 Å². The molecule has 2 heteroatoms. The van der Waals surface area contributed by atoms with Gasteiger partial charge in [-0.15, -0.1) is 0 Å². The van der Waals surface area contributed by atoms with E-state index in [0.29, 0.717) is 11.4 Å². The highest BCUT2D eigenvalue weighted by molar-refractivity contribution is 6.31. The van der Waals surface area contributed by atoms with Crippen LogP contribution in [0.25, 0.3) is 0 Å². The van der Waals surface area contributed by atoms with Crippen molar-refractivity contribution in [2.75, 3.05) is 0 Å². The first kappa shape index (κ1) is 13.1. The molecule has 0 fully saturated rings. The van der Waals surface area contributed by atoms with Gasteiger partial charge in [0.2, 0.25) is 0 Å². The minimum Gasteiger partial charge on any atom is -0.385 e. The Hall–Kier alpha value is -1.31. The molecule has 2 rings (SSSR count). The van der Waals surface area contributed by atoms with E-state index >= 15 is 0 Å². The van der Waals surface area contributed by atoms with E-state index in [9.17, 15) is 5.11 Å². The smallest absolute Gasteiger partial charge is 0.0909 e. The van der Waals surface area contributed by atoms with Crippen LogP contribution in [0.2, 0.25) is 5.02 Å². The molecule has 1 unspecified atom stereocenters. The van der Waals surface area contributed by atoms with Gasteiger partial charge in [-0.3, -0.25) is 0 Å². The van der Waals surface area contributed by atoms with E-state index in [4.69, 9.17) is 11.6 Å². The van der Waals surface area contributed by atoms with Crippen LogP contribution in [0.5, 0.6) is 0 Å². The number of aliphatic hydroxyl groups is 1. The van der Waals surface area contributed by atoms with Gasteiger partial charge >= 0.3 is 0 Å². The Kier molecular flexibility index (Phi) is 3.74. The van der Waals surface area contributed by atoms with Crippen LogP contribution >= 0.6 is 11.6 Å². The third-order valence-corrected chi connectivity index (χ3v) is 3.53. The van der Waals surface area contributed by atoms with Crippen molar-refractivity contribution in [3.63, 3.8) is 0 Å². The summed E-state index contributed by atoms with van der Waals surface area (Å²) in [6.07, 6.45) is 0.510. The molecule has 0 heterocycles. The molecule has 94 valence electrons. The lowest BCUT2D eigenvalue weighted by Gasteiger charge is -2.24. The standard InChI is InChI=1S/C16H17ClO/c1-12-7-9-14(10-8-12)16(2,18)11-13-5-3-4-6-15(13)17/h3-10,18H,11H2,1-2H3. The van der Waals surface area contributed by atoms with Gasteiger partial charge in [0.25, 0.3) is 0 Å². The van der Waals surface area contributed by atoms with E-state index in [1.807, 2.05) is 62.4 Å². The zero-order valence-electron chi connectivity index (χ0n) is 10.7. The highest BCUT2D eigenvalue weighted by atomic mass is 35.5. The van der Waals surface area contributed by atoms with Crippen molar-refractivity contribution in [2.45, 2.75) is 25.9 Å². The van der Waals surface area contributed by atoms with Gasteiger partial charge in [0.1, 0.15) is 0 Å². The summed E-state index contributed by atoms with van der Waals surface area (Å²) in [4.78, 5) is 0. The third kappa shape index (κ3) is 2.92. The quantitative estimate of drug-likeness (QED) is 0.881. The fourth-order valence-corrected chi connectivity index (χ4v) is 2.23. The van der Waals surface area contributed by atoms with Crippen LogP contribution in [0.1, 0.15) is 23.6 Å². The molecule has 18 heavy (non-hydrogen) atoms. The first-order valence-electron chi connectivity index (χ1n) is 6.02. The average molecular weight is 261 g/mol. The van der Waals surface area contributed by atoms with Gasteiger partial charge in [0.05, 0.1) is 5.60 Å². The summed E-state index contributed by atoms with van der Waals surface area (Å²) in [7, 11) is 0. The molecule has 0 saturated carbocycles. The van der Waals surface area contributed by atoms with E-state index in [1.165, 1.54) is 5.56 Å². The minimum absolute atomic E-state index is 0.510. The Morgan fingerprint density at radius 2 is 1.67 bits per heavy atom. The van der Waals surface area contributed by atoms with Crippen molar-refractivity contribution in [2.24, 2.45) is 0 Å². The first-order chi connectivity index (χ1) is 8.49. The second-order valence-electron chi connectivity index (χ2n) is 4.91. The largest absolute Gasteiger partial charge is 0.385 e. The normalized spacial score (nSPS) is 14.2. The predicted octanol–water partition coefficient (Wildman–Crippen LogP) is 4.10. The summed E-state index contributed by atoms with van der Waals surface area (Å²) in [6, 6.07) is 15.6. The number of hydrogen-bond donors (Lipinski definition) is 1. The number of rotatable bonds is 3. The molecule has 1 nitrogen and oxygen atoms in total. The molecule has 2 aromatic carbocycles. The van der Waals surface area contributed by atoms with Crippen LogP contribution in [0.15, 0.2) is 48.5 Å². The Bertz CT molecular complexity index is 529. The molecule has 0 amide bonds. The molecule has 0 radical (unpaired) electrons. The maximum atomic E-state index is 10.6. The Morgan fingerprint density at radius 1 is 1.06 bits per heavy atom. The van der Waals surface area contributed by atoms with Crippen LogP contribution in [-0.4, -0.2) is 5.11 Å². The molecule has 0 aliphatic rings. The zero-order valence-corrected chi connectivity index (χ0v) is 11.4. The zero-order chi connectivity index (χ0) is 13.2. The van der Waals surface area contributed by atoms with E-state index in [1.54, 1.807) is 0 Å². The highest BCUT2D eigenvalue weighted by Crippen LogP contribution is 2.28. The summed E-state index contributed by atoms with van der Waals surface area (Å²) in [5.41, 5.74) is 2.16. The Morgan fingerprint density at radius 3 is 2.28 bits per heavy atom. The molecule has 1 N–H and O–H groups in total. The average Bonchev–Trinajstić information content (AvgIpc) is 2.32. The number of benzene rings is 2. The number of hydrogen-bond acceptors (Lipinski definition) is 1. The van der Waals surface area contributed by atoms with Crippen LogP contribution in [0, 0.1) is 6.92 Å². The van der Waals surface area contributed by atoms with Gasteiger partial charge in [-0.05, 0) is 31.0 Å². The summed E-state index contributed by atoms with van der Waals surface area (Å²) >= 11 is 6.13. The molecule has 0 aliphatic heterocycles. The van der Waals surface area contributed by atoms with Crippen molar-refractivity contribution in [3.05, 3.63) is 70.2 Å². The minimum atomic E-state index is -0.904. The molecule has 0 aromatic heterocycles. The van der Waals surface area contributed by atoms with Crippen LogP contribution in [0.3, 0.4) is 0 Å². The maximum Gasteiger partial charge on any atom is 0.0909 e. The maximum absolute atomic E-state index is 10.6. The number of halogens is 1. The van der Waals surface area contributed by atoms with Crippen LogP contribution < -0.4 is 0 Å². The van der Waals surface area contributed by atoms with E-state index in [-0.39, 0.29) is 0 Å². The van der Waals surface area contributed by atoms with Gasteiger partial charge < -0.3 is 5.11 Å². The molecule has 2 aromatic rings. The SMILES string of the molecule is Cc1ccc(C(C)(O)Cc2ccccc2Cl)cc1. The molecule has 1 atom stereocenters. The Balaban J connectivity index is 2.27. The second kappa shape index (κ2) is 5.13. The summed E-state index contributed by atoms with van der Waals surface area (Å²) in [6.45, 7) is 3.85. The van der Waals surface area contributed by atoms with E-state index in [2.05, 4.69) is 0 Å². The van der Waals surface area contributed by atoms with Crippen molar-refractivity contribution in [3.8, 4) is 0 Å². The topological polar surface area (TPSA) is 20.2 Å². The summed E-state index contributed by atoms with van der Waals surface area (Å²) < 4.78 is 0. The van der Waals surface area contributed by atoms with Crippen molar-refractivity contribution >= 4 is 11.6 Å². The fraction of sp³-hybridized carbons (Fsp3) is 0.250. The lowest BCUT2D eigenvalue weighted by molar-refractivity contribution is 0.0576. The van der Waals surface area contributed by atoms with Crippen molar-refractivity contribution in [1.29, 1.82) is 0 Å². The fourth-order valence-electron chi connectivity index (χ4n) is 2.03. The van der Waals surface area contributed by atoms with E-state index in [0.717, 1.165) is 11.1 Å². The van der Waals surface area contributed by atoms with Gasteiger partial charge in [0, 0.05) is 11.4 Å². The number of aryl methyl sites for hydroxylation is 1.